The van der Waals surface area contributed by atoms with Gasteiger partial charge in [-0.1, -0.05) is 60.7 Å². The lowest BCUT2D eigenvalue weighted by Gasteiger charge is -2.27. The van der Waals surface area contributed by atoms with Crippen LogP contribution in [-0.2, 0) is 0 Å². The van der Waals surface area contributed by atoms with E-state index in [9.17, 15) is 0 Å². The number of anilines is 3. The Labute approximate surface area is 231 Å². The summed E-state index contributed by atoms with van der Waals surface area (Å²) in [6.45, 7) is 4.03. The van der Waals surface area contributed by atoms with Crippen molar-refractivity contribution in [3.63, 3.8) is 0 Å². The first-order valence-corrected chi connectivity index (χ1v) is 13.3. The van der Waals surface area contributed by atoms with Crippen molar-refractivity contribution in [2.24, 2.45) is 0 Å². The summed E-state index contributed by atoms with van der Waals surface area (Å²) in [5.41, 5.74) is 11.7. The van der Waals surface area contributed by atoms with E-state index in [2.05, 4.69) is 92.6 Å². The average Bonchev–Trinajstić information content (AvgIpc) is 3.38. The van der Waals surface area contributed by atoms with Crippen LogP contribution in [0.5, 0.6) is 0 Å². The van der Waals surface area contributed by atoms with Gasteiger partial charge >= 0.3 is 0 Å². The van der Waals surface area contributed by atoms with E-state index in [1.807, 2.05) is 38.1 Å². The lowest BCUT2D eigenvalue weighted by molar-refractivity contribution is 1.02. The molecule has 1 N–H and O–H groups in total. The monoisotopic (exact) mass is 516 g/mol. The first-order chi connectivity index (χ1) is 19.7. The normalized spacial score (nSPS) is 12.2. The Morgan fingerprint density at radius 2 is 1.23 bits per heavy atom. The summed E-state index contributed by atoms with van der Waals surface area (Å²) in [5, 5.41) is 2.37. The molecule has 0 aliphatic carbocycles. The number of para-hydroxylation sites is 2. The molecule has 4 aromatic heterocycles. The minimum atomic E-state index is 0.777. The van der Waals surface area contributed by atoms with Crippen molar-refractivity contribution in [2.45, 2.75) is 13.8 Å². The molecule has 40 heavy (non-hydrogen) atoms. The summed E-state index contributed by atoms with van der Waals surface area (Å²) >= 11 is 0. The van der Waals surface area contributed by atoms with Crippen LogP contribution in [0.25, 0.3) is 55.6 Å². The third kappa shape index (κ3) is 3.36. The van der Waals surface area contributed by atoms with Gasteiger partial charge in [0.15, 0.2) is 0 Å². The second-order valence-electron chi connectivity index (χ2n) is 10.1. The summed E-state index contributed by atoms with van der Waals surface area (Å²) in [5.74, 6) is 0.777. The molecular weight excluding hydrogens is 492 g/mol. The minimum absolute atomic E-state index is 0.777. The third-order valence-electron chi connectivity index (χ3n) is 7.75. The number of benzene rings is 3. The molecule has 0 radical (unpaired) electrons. The van der Waals surface area contributed by atoms with E-state index in [-0.39, 0.29) is 0 Å². The second kappa shape index (κ2) is 8.58. The van der Waals surface area contributed by atoms with Crippen molar-refractivity contribution < 1.29 is 0 Å². The number of nitrogens with zero attached hydrogens (tertiary/aromatic N) is 5. The molecule has 1 aliphatic rings. The number of nitrogens with one attached hydrogen (secondary N) is 1. The molecule has 1 aliphatic heterocycles. The van der Waals surface area contributed by atoms with Crippen LogP contribution in [0.4, 0.5) is 17.2 Å². The van der Waals surface area contributed by atoms with Crippen molar-refractivity contribution in [3.8, 4) is 33.8 Å². The summed E-state index contributed by atoms with van der Waals surface area (Å²) in [6, 6.07) is 33.7. The number of hydrogen-bond donors (Lipinski definition) is 1. The first kappa shape index (κ1) is 22.6. The highest BCUT2D eigenvalue weighted by Gasteiger charge is 2.22. The van der Waals surface area contributed by atoms with E-state index in [1.54, 1.807) is 6.33 Å². The maximum atomic E-state index is 5.15. The fourth-order valence-corrected chi connectivity index (χ4v) is 5.92. The van der Waals surface area contributed by atoms with Crippen LogP contribution in [0.1, 0.15) is 11.4 Å². The average molecular weight is 517 g/mol. The maximum Gasteiger partial charge on any atom is 0.138 e. The highest BCUT2D eigenvalue weighted by molar-refractivity contribution is 6.15. The molecule has 190 valence electrons. The Hall–Kier alpha value is -5.36. The SMILES string of the molecule is Cc1ncnc(C)c1N1c2cccc(c2)-c2cccc3c2[nH]c2c(cccc23)-c2cccc(n2)-c2cccc1n2. The molecule has 5 heterocycles. The molecule has 6 nitrogen and oxygen atoms in total. The number of H-pyrrole nitrogens is 1. The molecular formula is C34H24N6. The van der Waals surface area contributed by atoms with Crippen LogP contribution in [-0.4, -0.2) is 24.9 Å². The van der Waals surface area contributed by atoms with Crippen molar-refractivity contribution in [1.29, 1.82) is 0 Å². The van der Waals surface area contributed by atoms with Crippen molar-refractivity contribution in [1.82, 2.24) is 24.9 Å². The molecule has 3 aromatic carbocycles. The predicted octanol–water partition coefficient (Wildman–Crippen LogP) is 8.30. The lowest BCUT2D eigenvalue weighted by Crippen LogP contribution is -2.16. The molecule has 0 unspecified atom stereocenters. The number of aromatic nitrogens is 5. The molecule has 7 aromatic rings. The zero-order valence-corrected chi connectivity index (χ0v) is 22.1. The third-order valence-corrected chi connectivity index (χ3v) is 7.75. The van der Waals surface area contributed by atoms with Gasteiger partial charge in [-0.2, -0.15) is 0 Å². The molecule has 0 spiro atoms. The van der Waals surface area contributed by atoms with Gasteiger partial charge in [0.25, 0.3) is 0 Å². The van der Waals surface area contributed by atoms with E-state index in [0.29, 0.717) is 0 Å². The summed E-state index contributed by atoms with van der Waals surface area (Å²) < 4.78 is 0. The van der Waals surface area contributed by atoms with Gasteiger partial charge in [0.05, 0.1) is 45.2 Å². The Morgan fingerprint density at radius 1 is 0.600 bits per heavy atom. The van der Waals surface area contributed by atoms with Gasteiger partial charge in [0.1, 0.15) is 12.1 Å². The van der Waals surface area contributed by atoms with E-state index in [4.69, 9.17) is 9.97 Å². The smallest absolute Gasteiger partial charge is 0.138 e. The number of rotatable bonds is 1. The van der Waals surface area contributed by atoms with Gasteiger partial charge in [0.2, 0.25) is 0 Å². The topological polar surface area (TPSA) is 70.6 Å². The standard InChI is InChI=1S/C34H24N6/c1-20-34(21(2)36-19-35-20)40-23-9-3-8-22(18-23)24-10-4-11-25-26-12-5-13-27(33(26)39-32(24)25)28-14-6-15-29(37-28)30-16-7-17-31(40)38-30/h3-19,39H,1-2H3. The zero-order valence-electron chi connectivity index (χ0n) is 22.1. The van der Waals surface area contributed by atoms with Gasteiger partial charge < -0.3 is 4.98 Å². The Morgan fingerprint density at radius 3 is 2.02 bits per heavy atom. The first-order valence-electron chi connectivity index (χ1n) is 13.3. The quantitative estimate of drug-likeness (QED) is 0.238. The fourth-order valence-electron chi connectivity index (χ4n) is 5.92. The highest BCUT2D eigenvalue weighted by Crippen LogP contribution is 2.41. The van der Waals surface area contributed by atoms with Gasteiger partial charge in [-0.05, 0) is 55.8 Å². The van der Waals surface area contributed by atoms with E-state index in [0.717, 1.165) is 73.4 Å². The lowest BCUT2D eigenvalue weighted by atomic mass is 10.0. The van der Waals surface area contributed by atoms with Crippen molar-refractivity contribution in [3.05, 3.63) is 115 Å². The maximum absolute atomic E-state index is 5.15. The fraction of sp³-hybridized carbons (Fsp3) is 0.0588. The van der Waals surface area contributed by atoms with E-state index < -0.39 is 0 Å². The Kier molecular flexibility index (Phi) is 4.85. The van der Waals surface area contributed by atoms with Gasteiger partial charge in [-0.3, -0.25) is 4.90 Å². The molecule has 0 amide bonds. The molecule has 0 saturated carbocycles. The highest BCUT2D eigenvalue weighted by atomic mass is 15.2. The second-order valence-corrected chi connectivity index (χ2v) is 10.1. The van der Waals surface area contributed by atoms with Crippen LogP contribution in [0.2, 0.25) is 0 Å². The van der Waals surface area contributed by atoms with Gasteiger partial charge in [0, 0.05) is 27.6 Å². The van der Waals surface area contributed by atoms with Crippen LogP contribution < -0.4 is 4.90 Å². The number of aryl methyl sites for hydroxylation is 2. The van der Waals surface area contributed by atoms with Gasteiger partial charge in [-0.25, -0.2) is 19.9 Å². The molecule has 0 fully saturated rings. The summed E-state index contributed by atoms with van der Waals surface area (Å²) in [7, 11) is 0. The van der Waals surface area contributed by atoms with Crippen LogP contribution in [0, 0.1) is 13.8 Å². The van der Waals surface area contributed by atoms with Crippen LogP contribution >= 0.6 is 0 Å². The van der Waals surface area contributed by atoms with Crippen LogP contribution in [0.3, 0.4) is 0 Å². The number of hydrogen-bond acceptors (Lipinski definition) is 5. The number of aromatic amines is 1. The molecule has 0 atom stereocenters. The molecule has 8 rings (SSSR count). The number of pyridine rings is 2. The largest absolute Gasteiger partial charge is 0.353 e. The summed E-state index contributed by atoms with van der Waals surface area (Å²) in [6.07, 6.45) is 1.61. The van der Waals surface area contributed by atoms with Gasteiger partial charge in [-0.15, -0.1) is 0 Å². The van der Waals surface area contributed by atoms with Crippen molar-refractivity contribution in [2.75, 3.05) is 4.90 Å². The Balaban J connectivity index is 1.52. The molecule has 6 heteroatoms. The predicted molar refractivity (Wildman–Crippen MR) is 161 cm³/mol. The molecule has 8 bridgehead atoms. The summed E-state index contributed by atoms with van der Waals surface area (Å²) in [4.78, 5) is 25.3. The van der Waals surface area contributed by atoms with E-state index in [1.165, 1.54) is 10.8 Å². The van der Waals surface area contributed by atoms with Crippen molar-refractivity contribution >= 4 is 39.0 Å². The van der Waals surface area contributed by atoms with Crippen LogP contribution in [0.15, 0.2) is 103 Å². The Bertz CT molecular complexity index is 2090. The van der Waals surface area contributed by atoms with E-state index >= 15 is 0 Å². The number of fused-ring (bicyclic) bond motifs is 10. The minimum Gasteiger partial charge on any atom is -0.353 e. The zero-order chi connectivity index (χ0) is 26.8. The molecule has 0 saturated heterocycles.